The van der Waals surface area contributed by atoms with Crippen LogP contribution in [-0.2, 0) is 14.4 Å². The SMILES string of the molecule is CC(C)CC(/C=C/c1c(N)cccc1F)C(=O)N1CC(C=O)CC1C#N.CNc1cccc(Cl)c1.NC=O. The van der Waals surface area contributed by atoms with Crippen LogP contribution in [0.5, 0.6) is 0 Å². The fourth-order valence-electron chi connectivity index (χ4n) is 3.90. The molecule has 3 rings (SSSR count). The van der Waals surface area contributed by atoms with Crippen LogP contribution in [0, 0.1) is 34.9 Å². The van der Waals surface area contributed by atoms with Gasteiger partial charge in [-0.2, -0.15) is 5.26 Å². The van der Waals surface area contributed by atoms with E-state index in [9.17, 15) is 19.2 Å². The Kier molecular flexibility index (Phi) is 14.2. The summed E-state index contributed by atoms with van der Waals surface area (Å²) in [4.78, 5) is 34.1. The van der Waals surface area contributed by atoms with Crippen LogP contribution in [0.15, 0.2) is 48.5 Å². The molecule has 204 valence electrons. The third-order valence-electron chi connectivity index (χ3n) is 5.70. The van der Waals surface area contributed by atoms with Gasteiger partial charge in [0, 0.05) is 41.5 Å². The molecule has 3 atom stereocenters. The molecule has 10 heteroatoms. The predicted octanol–water partition coefficient (Wildman–Crippen LogP) is 4.51. The molecular weight excluding hydrogens is 509 g/mol. The molecule has 1 aliphatic heterocycles. The maximum atomic E-state index is 14.0. The zero-order valence-corrected chi connectivity index (χ0v) is 22.6. The van der Waals surface area contributed by atoms with Crippen molar-refractivity contribution in [2.75, 3.05) is 24.6 Å². The molecule has 0 spiro atoms. The van der Waals surface area contributed by atoms with Gasteiger partial charge in [-0.05, 0) is 49.1 Å². The minimum Gasteiger partial charge on any atom is -0.398 e. The predicted molar refractivity (Wildman–Crippen MR) is 149 cm³/mol. The topological polar surface area (TPSA) is 142 Å². The van der Waals surface area contributed by atoms with E-state index in [1.807, 2.05) is 45.2 Å². The van der Waals surface area contributed by atoms with Crippen LogP contribution in [-0.4, -0.2) is 43.1 Å². The van der Waals surface area contributed by atoms with E-state index >= 15 is 0 Å². The van der Waals surface area contributed by atoms with Crippen molar-refractivity contribution < 1.29 is 18.8 Å². The largest absolute Gasteiger partial charge is 0.398 e. The molecule has 38 heavy (non-hydrogen) atoms. The van der Waals surface area contributed by atoms with Crippen molar-refractivity contribution in [3.63, 3.8) is 0 Å². The van der Waals surface area contributed by atoms with Gasteiger partial charge in [-0.1, -0.05) is 49.7 Å². The van der Waals surface area contributed by atoms with E-state index in [2.05, 4.69) is 17.1 Å². The van der Waals surface area contributed by atoms with Gasteiger partial charge in [-0.25, -0.2) is 4.39 Å². The number of hydrogen-bond acceptors (Lipinski definition) is 6. The summed E-state index contributed by atoms with van der Waals surface area (Å²) >= 11 is 5.68. The number of rotatable bonds is 7. The molecule has 0 bridgehead atoms. The number of benzene rings is 2. The number of nitrogens with two attached hydrogens (primary N) is 2. The van der Waals surface area contributed by atoms with Gasteiger partial charge >= 0.3 is 0 Å². The van der Waals surface area contributed by atoms with Crippen molar-refractivity contribution in [2.24, 2.45) is 23.5 Å². The molecule has 1 aliphatic rings. The third-order valence-corrected chi connectivity index (χ3v) is 5.93. The monoisotopic (exact) mass is 543 g/mol. The van der Waals surface area contributed by atoms with Gasteiger partial charge in [0.1, 0.15) is 18.1 Å². The first kappa shape index (κ1) is 32.1. The lowest BCUT2D eigenvalue weighted by molar-refractivity contribution is -0.134. The number of halogens is 2. The quantitative estimate of drug-likeness (QED) is 0.346. The minimum atomic E-state index is -0.598. The maximum Gasteiger partial charge on any atom is 0.230 e. The molecule has 5 N–H and O–H groups in total. The van der Waals surface area contributed by atoms with Gasteiger partial charge in [0.15, 0.2) is 0 Å². The Hall–Kier alpha value is -3.90. The van der Waals surface area contributed by atoms with E-state index in [1.54, 1.807) is 12.1 Å². The third kappa shape index (κ3) is 10.2. The van der Waals surface area contributed by atoms with Crippen LogP contribution in [0.2, 0.25) is 5.02 Å². The summed E-state index contributed by atoms with van der Waals surface area (Å²) < 4.78 is 14.0. The van der Waals surface area contributed by atoms with Crippen molar-refractivity contribution in [1.82, 2.24) is 4.90 Å². The molecule has 0 aliphatic carbocycles. The minimum absolute atomic E-state index is 0.208. The highest BCUT2D eigenvalue weighted by Crippen LogP contribution is 2.27. The lowest BCUT2D eigenvalue weighted by atomic mass is 9.94. The zero-order chi connectivity index (χ0) is 28.7. The molecule has 0 radical (unpaired) electrons. The number of nitrogen functional groups attached to an aromatic ring is 1. The molecule has 3 unspecified atom stereocenters. The molecule has 0 saturated carbocycles. The van der Waals surface area contributed by atoms with Gasteiger partial charge in [-0.15, -0.1) is 0 Å². The second-order valence-corrected chi connectivity index (χ2v) is 9.44. The van der Waals surface area contributed by atoms with Crippen molar-refractivity contribution in [3.8, 4) is 6.07 Å². The normalized spacial score (nSPS) is 16.9. The Balaban J connectivity index is 0.000000497. The summed E-state index contributed by atoms with van der Waals surface area (Å²) in [5.41, 5.74) is 11.6. The molecule has 1 saturated heterocycles. The highest BCUT2D eigenvalue weighted by Gasteiger charge is 2.37. The molecule has 8 nitrogen and oxygen atoms in total. The van der Waals surface area contributed by atoms with Gasteiger partial charge in [-0.3, -0.25) is 9.59 Å². The molecule has 2 aromatic rings. The first-order valence-electron chi connectivity index (χ1n) is 12.1. The second kappa shape index (κ2) is 16.8. The molecule has 1 heterocycles. The number of carbonyl (C=O) groups is 3. The molecule has 2 aromatic carbocycles. The maximum absolute atomic E-state index is 14.0. The summed E-state index contributed by atoms with van der Waals surface area (Å²) in [7, 11) is 1.87. The Bertz CT molecular complexity index is 1120. The molecule has 1 fully saturated rings. The van der Waals surface area contributed by atoms with Crippen LogP contribution >= 0.6 is 11.6 Å². The zero-order valence-electron chi connectivity index (χ0n) is 21.8. The summed E-state index contributed by atoms with van der Waals surface area (Å²) in [6, 6.07) is 13.5. The van der Waals surface area contributed by atoms with Crippen LogP contribution in [0.25, 0.3) is 6.08 Å². The van der Waals surface area contributed by atoms with Crippen molar-refractivity contribution in [2.45, 2.75) is 32.7 Å². The van der Waals surface area contributed by atoms with Crippen molar-refractivity contribution >= 4 is 47.7 Å². The number of likely N-dealkylation sites (tertiary alicyclic amines) is 1. The van der Waals surface area contributed by atoms with Crippen LogP contribution in [0.4, 0.5) is 15.8 Å². The summed E-state index contributed by atoms with van der Waals surface area (Å²) in [5, 5.41) is 13.0. The second-order valence-electron chi connectivity index (χ2n) is 9.00. The number of hydrogen-bond donors (Lipinski definition) is 3. The van der Waals surface area contributed by atoms with Crippen molar-refractivity contribution in [3.05, 3.63) is 64.9 Å². The smallest absolute Gasteiger partial charge is 0.230 e. The lowest BCUT2D eigenvalue weighted by Gasteiger charge is -2.25. The molecule has 2 amide bonds. The fourth-order valence-corrected chi connectivity index (χ4v) is 4.09. The van der Waals surface area contributed by atoms with Gasteiger partial charge in [0.05, 0.1) is 12.0 Å². The average Bonchev–Trinajstić information content (AvgIpc) is 3.31. The Morgan fingerprint density at radius 2 is 1.95 bits per heavy atom. The Morgan fingerprint density at radius 1 is 1.29 bits per heavy atom. The Morgan fingerprint density at radius 3 is 2.45 bits per heavy atom. The standard InChI is InChI=1S/C20H24FN3O2.C7H8ClN.CH3NO/c1-13(2)8-15(6-7-17-18(21)4-3-5-19(17)23)20(26)24-11-14(12-25)9-16(24)10-22;1-9-7-4-2-3-6(8)5-7;2-1-3/h3-7,12-16H,8-9,11,23H2,1-2H3;2-5,9H,1H3;1H,(H2,2,3)/b7-6+;;. The van der Waals surface area contributed by atoms with Crippen LogP contribution < -0.4 is 16.8 Å². The number of carbonyl (C=O) groups excluding carboxylic acids is 3. The van der Waals surface area contributed by atoms with E-state index in [0.29, 0.717) is 18.5 Å². The first-order chi connectivity index (χ1) is 18.1. The van der Waals surface area contributed by atoms with E-state index in [4.69, 9.17) is 22.1 Å². The number of nitrogens with one attached hydrogen (secondary N) is 1. The van der Waals surface area contributed by atoms with E-state index in [-0.39, 0.29) is 36.3 Å². The number of nitriles is 1. The fraction of sp³-hybridized carbons (Fsp3) is 0.357. The number of aldehydes is 1. The number of primary amides is 1. The van der Waals surface area contributed by atoms with Crippen LogP contribution in [0.1, 0.15) is 32.3 Å². The van der Waals surface area contributed by atoms with E-state index in [1.165, 1.54) is 23.1 Å². The summed E-state index contributed by atoms with van der Waals surface area (Å²) in [6.45, 7) is 4.24. The number of amides is 2. The average molecular weight is 544 g/mol. The molecular formula is C28H35ClFN5O3. The van der Waals surface area contributed by atoms with E-state index < -0.39 is 17.8 Å². The number of nitrogens with zero attached hydrogens (tertiary/aromatic N) is 2. The lowest BCUT2D eigenvalue weighted by Crippen LogP contribution is -2.39. The van der Waals surface area contributed by atoms with Crippen LogP contribution in [0.3, 0.4) is 0 Å². The summed E-state index contributed by atoms with van der Waals surface area (Å²) in [5.74, 6) is -1.24. The van der Waals surface area contributed by atoms with Gasteiger partial charge < -0.3 is 26.5 Å². The summed E-state index contributed by atoms with van der Waals surface area (Å²) in [6.07, 6.45) is 5.16. The first-order valence-corrected chi connectivity index (χ1v) is 12.5. The van der Waals surface area contributed by atoms with Gasteiger partial charge in [0.2, 0.25) is 12.3 Å². The van der Waals surface area contributed by atoms with E-state index in [0.717, 1.165) is 17.0 Å². The highest BCUT2D eigenvalue weighted by molar-refractivity contribution is 6.30. The number of anilines is 2. The van der Waals surface area contributed by atoms with Gasteiger partial charge in [0.25, 0.3) is 0 Å². The van der Waals surface area contributed by atoms with Crippen molar-refractivity contribution in [1.29, 1.82) is 5.26 Å². The Labute approximate surface area is 228 Å². The highest BCUT2D eigenvalue weighted by atomic mass is 35.5. The molecule has 0 aromatic heterocycles.